The molecule has 0 aliphatic rings. The summed E-state index contributed by atoms with van der Waals surface area (Å²) in [6.45, 7) is 22.4. The van der Waals surface area contributed by atoms with Crippen molar-refractivity contribution in [2.45, 2.75) is 76.2 Å². The molecule has 0 spiro atoms. The Labute approximate surface area is 863 Å². The molecule has 0 N–H and O–H groups in total. The third-order valence-electron chi connectivity index (χ3n) is 20.8. The topological polar surface area (TPSA) is 454 Å². The largest absolute Gasteiger partial charge is 0.437 e. The predicted octanol–water partition coefficient (Wildman–Crippen LogP) is 20.8. The fraction of sp³-hybridized carbons (Fsp3) is 0.123. The average molecular weight is 2040 g/mol. The maximum atomic E-state index is 11.3. The molecule has 149 heavy (non-hydrogen) atoms. The molecule has 14 aromatic heterocycles. The summed E-state index contributed by atoms with van der Waals surface area (Å²) < 4.78 is 39.3. The van der Waals surface area contributed by atoms with Gasteiger partial charge in [0.1, 0.15) is 61.1 Å². The van der Waals surface area contributed by atoms with E-state index in [4.69, 9.17) is 45.1 Å². The van der Waals surface area contributed by atoms with Crippen LogP contribution in [0.4, 0.5) is 0 Å². The molecule has 0 atom stereocenters. The third kappa shape index (κ3) is 30.0. The number of benzene rings is 8. The average Bonchev–Trinajstić information content (AvgIpc) is 1.66. The molecule has 22 rings (SSSR count). The standard InChI is InChI=1S/C19H16N4O.C17H16N4.C16H16N6.C15H15N5O2.C15H15N4O2P.2C12H8ClN5O/c1-13-9-14(2)11-15(10-13)19-20-12-23(22-19)8-7-18-21-16-5-3-4-6-17(16)24-18;1-13-9-14(2)11-15(10-13)17-19-12-21(20-17)8-6-16-5-3-4-7-18-16;1-11-6-12(2)8-14(7-11)16-17-10-22(21-16)5-4-15-9-18-20-13(3)19-15;1-10-6-11(2)8-12(7-10)14-16-9-20(18-14)5-4-13-17-19(3)15(21)22-13;1-10-6-11(2)8-12(7-10)14-16-9-19(17-14)5-4-13-18(3)15(20)21-22-13;2*13-10-3-1-2-9(6-10)12-14-7-18(17-12)5-4-11-16-15-8-19-11/h3-12H,1-2H3;3-12H,1-2H3;4-10H,1-3H3;2*4-9H,1-3H3;2*1-8H/b8-7-;8-6-;3*5-4-;5-4+;5-4-. The number of oxazole rings is 1. The second-order valence-corrected chi connectivity index (χ2v) is 35.1. The van der Waals surface area contributed by atoms with E-state index in [0.29, 0.717) is 76.9 Å². The Bertz CT molecular complexity index is 8400. The van der Waals surface area contributed by atoms with Crippen molar-refractivity contribution in [1.29, 1.82) is 0 Å². The number of hydrogen-bond donors (Lipinski definition) is 0. The molecule has 40 nitrogen and oxygen atoms in total. The summed E-state index contributed by atoms with van der Waals surface area (Å²) in [7, 11) is 3.73. The van der Waals surface area contributed by atoms with Gasteiger partial charge in [-0.2, -0.15) is 9.78 Å². The Morgan fingerprint density at radius 2 is 0.664 bits per heavy atom. The van der Waals surface area contributed by atoms with Crippen molar-refractivity contribution >= 4 is 129 Å². The minimum Gasteiger partial charge on any atom is -0.437 e. The zero-order chi connectivity index (χ0) is 104. The number of hydrogen-bond acceptors (Lipinski definition) is 31. The number of aromatic nitrogens is 33. The van der Waals surface area contributed by atoms with Crippen molar-refractivity contribution in [2.75, 3.05) is 0 Å². The molecule has 0 fully saturated rings. The summed E-state index contributed by atoms with van der Waals surface area (Å²) in [5.41, 5.74) is 22.6. The van der Waals surface area contributed by atoms with Crippen LogP contribution < -0.4 is 11.5 Å². The van der Waals surface area contributed by atoms with Crippen molar-refractivity contribution in [3.05, 3.63) is 384 Å². The molecule has 0 saturated heterocycles. The van der Waals surface area contributed by atoms with Crippen molar-refractivity contribution < 1.29 is 21.9 Å². The molecule has 0 amide bonds. The molecule has 0 aliphatic carbocycles. The predicted molar refractivity (Wildman–Crippen MR) is 572 cm³/mol. The first-order valence-corrected chi connectivity index (χ1v) is 47.3. The molecule has 0 unspecified atom stereocenters. The lowest BCUT2D eigenvalue weighted by atomic mass is 10.1. The molecule has 744 valence electrons. The highest BCUT2D eigenvalue weighted by Crippen LogP contribution is 2.28. The van der Waals surface area contributed by atoms with Crippen LogP contribution in [0.25, 0.3) is 177 Å². The maximum absolute atomic E-state index is 11.3. The number of para-hydroxylation sites is 2. The van der Waals surface area contributed by atoms with Crippen LogP contribution in [0.3, 0.4) is 0 Å². The molecular formula is C106H94Cl2N33O7P. The van der Waals surface area contributed by atoms with E-state index in [1.165, 1.54) is 68.9 Å². The van der Waals surface area contributed by atoms with Crippen molar-refractivity contribution in [1.82, 2.24) is 163 Å². The van der Waals surface area contributed by atoms with Crippen molar-refractivity contribution in [3.8, 4) is 79.7 Å². The molecule has 14 heterocycles. The molecule has 0 radical (unpaired) electrons. The molecule has 43 heteroatoms. The molecule has 22 aromatic rings. The van der Waals surface area contributed by atoms with Crippen molar-refractivity contribution in [3.63, 3.8) is 0 Å². The van der Waals surface area contributed by atoms with Gasteiger partial charge in [0.05, 0.1) is 17.6 Å². The molecule has 0 aliphatic heterocycles. The van der Waals surface area contributed by atoms with E-state index in [-0.39, 0.29) is 11.6 Å². The molecule has 8 aromatic carbocycles. The lowest BCUT2D eigenvalue weighted by molar-refractivity contribution is 0.487. The Balaban J connectivity index is 0.000000124. The van der Waals surface area contributed by atoms with Gasteiger partial charge in [0.15, 0.2) is 54.8 Å². The number of nitrogens with zero attached hydrogens (tertiary/aromatic N) is 33. The minimum absolute atomic E-state index is 0.218. The van der Waals surface area contributed by atoms with Gasteiger partial charge in [0.2, 0.25) is 36.4 Å². The van der Waals surface area contributed by atoms with Crippen LogP contribution in [0, 0.1) is 76.2 Å². The van der Waals surface area contributed by atoms with Gasteiger partial charge in [-0.05, 0) is 204 Å². The van der Waals surface area contributed by atoms with E-state index >= 15 is 0 Å². The highest BCUT2D eigenvalue weighted by atomic mass is 35.5. The number of aryl methyl sites for hydroxylation is 12. The Kier molecular flexibility index (Phi) is 33.9. The van der Waals surface area contributed by atoms with E-state index in [9.17, 15) is 9.59 Å². The van der Waals surface area contributed by atoms with E-state index in [2.05, 4.69) is 255 Å². The van der Waals surface area contributed by atoms with Crippen LogP contribution >= 0.6 is 31.6 Å². The fourth-order valence-corrected chi connectivity index (χ4v) is 15.5. The minimum atomic E-state index is -0.505. The summed E-state index contributed by atoms with van der Waals surface area (Å²) >= 11 is 11.9. The Hall–Kier alpha value is -19.2. The van der Waals surface area contributed by atoms with Crippen LogP contribution in [0.1, 0.15) is 102 Å². The summed E-state index contributed by atoms with van der Waals surface area (Å²) in [5.74, 6) is 5.97. The molecule has 0 saturated carbocycles. The van der Waals surface area contributed by atoms with Gasteiger partial charge in [0, 0.05) is 137 Å². The summed E-state index contributed by atoms with van der Waals surface area (Å²) in [4.78, 5) is 65.4. The number of fused-ring (bicyclic) bond motifs is 1. The SMILES string of the molecule is Cc1cc(C)cc(-c2ncn(/C=C\c3ccccn3)n2)c1.Cc1cc(C)cc(-c2ncn(/C=C\c3cnnc(C)n3)n2)c1.Cc1cc(C)cc(-c2ncn(/C=C\c3nc4ccccc4o3)n2)c1.Cc1cc(C)cc(-c2ncn(/C=C\c3nn(C)c(=O)o3)n2)c1.Cc1cc(C)cc(-c2ncn(/C=C\c3poc(=O)n3C)n2)c1.Clc1cccc(-c2ncn(/C=C/c3nnco3)n2)c1.Clc1cccc(-c2ncn(/C=C\c3nnco3)n2)c1. The lowest BCUT2D eigenvalue weighted by Gasteiger charge is -2.00. The zero-order valence-corrected chi connectivity index (χ0v) is 85.0. The normalized spacial score (nSPS) is 11.4. The highest BCUT2D eigenvalue weighted by Gasteiger charge is 2.15. The van der Waals surface area contributed by atoms with Crippen LogP contribution in [0.2, 0.25) is 10.0 Å². The van der Waals surface area contributed by atoms with E-state index < -0.39 is 5.76 Å². The van der Waals surface area contributed by atoms with Gasteiger partial charge in [-0.1, -0.05) is 152 Å². The lowest BCUT2D eigenvalue weighted by Crippen LogP contribution is -2.10. The second-order valence-electron chi connectivity index (χ2n) is 33.4. The van der Waals surface area contributed by atoms with Crippen molar-refractivity contribution in [2.24, 2.45) is 14.1 Å². The first-order chi connectivity index (χ1) is 72.1. The number of rotatable bonds is 21. The fourth-order valence-electron chi connectivity index (χ4n) is 14.4. The Morgan fingerprint density at radius 3 is 1.00 bits per heavy atom. The van der Waals surface area contributed by atoms with E-state index in [0.717, 1.165) is 88.5 Å². The van der Waals surface area contributed by atoms with Crippen LogP contribution in [-0.4, -0.2) is 163 Å². The monoisotopic (exact) mass is 2040 g/mol. The van der Waals surface area contributed by atoms with Gasteiger partial charge in [-0.25, -0.2) is 87.2 Å². The van der Waals surface area contributed by atoms with Gasteiger partial charge >= 0.3 is 11.5 Å². The smallest absolute Gasteiger partial charge is 0.437 e. The zero-order valence-electron chi connectivity index (χ0n) is 82.6. The van der Waals surface area contributed by atoms with Crippen LogP contribution in [0.15, 0.2) is 283 Å². The van der Waals surface area contributed by atoms with E-state index in [1.807, 2.05) is 123 Å². The molecule has 0 bridgehead atoms. The molecular weight excluding hydrogens is 1950 g/mol. The Morgan fingerprint density at radius 1 is 0.309 bits per heavy atom. The first kappa shape index (κ1) is 103. The third-order valence-corrected chi connectivity index (χ3v) is 22.1. The van der Waals surface area contributed by atoms with Gasteiger partial charge < -0.3 is 21.9 Å². The quantitative estimate of drug-likeness (QED) is 0.0644. The number of halogens is 2. The van der Waals surface area contributed by atoms with E-state index in [1.54, 1.807) is 183 Å². The second kappa shape index (κ2) is 49.2. The number of pyridine rings is 1. The first-order valence-electron chi connectivity index (χ1n) is 45.8. The van der Waals surface area contributed by atoms with Gasteiger partial charge in [0.25, 0.3) is 0 Å². The highest BCUT2D eigenvalue weighted by molar-refractivity contribution is 7.24. The summed E-state index contributed by atoms with van der Waals surface area (Å²) in [6.07, 6.45) is 41.6. The summed E-state index contributed by atoms with van der Waals surface area (Å²) in [5, 5.41) is 58.3. The van der Waals surface area contributed by atoms with Gasteiger partial charge in [-0.3, -0.25) is 9.55 Å². The van der Waals surface area contributed by atoms with Crippen LogP contribution in [-0.2, 0) is 14.1 Å². The van der Waals surface area contributed by atoms with Gasteiger partial charge in [-0.15, -0.1) is 66.3 Å². The van der Waals surface area contributed by atoms with Crippen LogP contribution in [0.5, 0.6) is 0 Å². The maximum Gasteiger partial charge on any atom is 0.437 e. The summed E-state index contributed by atoms with van der Waals surface area (Å²) in [6, 6.07) is 59.5.